The Kier molecular flexibility index (Phi) is 9.51. The number of amides is 1. The minimum atomic E-state index is -0.652. The van der Waals surface area contributed by atoms with Crippen molar-refractivity contribution in [3.8, 4) is 5.75 Å². The second kappa shape index (κ2) is 14.3. The summed E-state index contributed by atoms with van der Waals surface area (Å²) in [7, 11) is 1.64. The fourth-order valence-electron chi connectivity index (χ4n) is 7.42. The van der Waals surface area contributed by atoms with Crippen LogP contribution in [0.5, 0.6) is 5.75 Å². The number of β-amino-alcohol motifs (C(OH)–C–C–N with tert-alkyl or cyclic N) is 1. The molecule has 2 aromatic heterocycles. The number of hydrogen-bond acceptors (Lipinski definition) is 7. The van der Waals surface area contributed by atoms with Gasteiger partial charge in [-0.15, -0.1) is 0 Å². The fourth-order valence-corrected chi connectivity index (χ4v) is 7.42. The van der Waals surface area contributed by atoms with Crippen molar-refractivity contribution < 1.29 is 19.1 Å². The number of fused-ring (bicyclic) bond motifs is 2. The van der Waals surface area contributed by atoms with E-state index in [1.807, 2.05) is 54.6 Å². The quantitative estimate of drug-likeness (QED) is 0.187. The zero-order valence-corrected chi connectivity index (χ0v) is 27.1. The molecule has 0 radical (unpaired) electrons. The van der Waals surface area contributed by atoms with E-state index in [2.05, 4.69) is 50.4 Å². The van der Waals surface area contributed by atoms with Crippen LogP contribution in [0.3, 0.4) is 0 Å². The smallest absolute Gasteiger partial charge is 0.245 e. The first-order valence-electron chi connectivity index (χ1n) is 16.9. The van der Waals surface area contributed by atoms with Crippen molar-refractivity contribution in [3.63, 3.8) is 0 Å². The van der Waals surface area contributed by atoms with Crippen molar-refractivity contribution in [2.45, 2.75) is 50.3 Å². The number of nitrogens with zero attached hydrogens (tertiary/aromatic N) is 3. The molecule has 7 rings (SSSR count). The Morgan fingerprint density at radius 1 is 0.957 bits per heavy atom. The van der Waals surface area contributed by atoms with Crippen LogP contribution >= 0.6 is 0 Å². The van der Waals surface area contributed by atoms with Crippen LogP contribution in [0.4, 0.5) is 0 Å². The summed E-state index contributed by atoms with van der Waals surface area (Å²) in [6, 6.07) is 28.0. The number of methoxy groups -OCH3 is 1. The van der Waals surface area contributed by atoms with Crippen LogP contribution in [0.25, 0.3) is 21.9 Å². The lowest BCUT2D eigenvalue weighted by molar-refractivity contribution is -0.129. The van der Waals surface area contributed by atoms with Crippen LogP contribution in [0.1, 0.15) is 54.7 Å². The number of ether oxygens (including phenoxy) is 1. The lowest BCUT2D eigenvalue weighted by atomic mass is 9.89. The normalized spacial score (nSPS) is 18.3. The summed E-state index contributed by atoms with van der Waals surface area (Å²) in [6.07, 6.45) is 5.94. The summed E-state index contributed by atoms with van der Waals surface area (Å²) < 4.78 is 11.7. The van der Waals surface area contributed by atoms with E-state index in [-0.39, 0.29) is 11.9 Å². The fraction of sp³-hybridized carbons (Fsp3) is 0.385. The van der Waals surface area contributed by atoms with E-state index in [1.165, 1.54) is 5.56 Å². The Morgan fingerprint density at radius 2 is 1.72 bits per heavy atom. The second-order valence-electron chi connectivity index (χ2n) is 13.1. The highest BCUT2D eigenvalue weighted by molar-refractivity contribution is 5.86. The third-order valence-electron chi connectivity index (χ3n) is 10.1. The van der Waals surface area contributed by atoms with Crippen LogP contribution in [-0.4, -0.2) is 71.7 Å². The molecule has 1 unspecified atom stereocenters. The molecule has 2 aliphatic heterocycles. The number of para-hydroxylation sites is 1. The average molecular weight is 633 g/mol. The van der Waals surface area contributed by atoms with Crippen LogP contribution in [-0.2, 0) is 11.2 Å². The van der Waals surface area contributed by atoms with Gasteiger partial charge in [-0.05, 0) is 98.6 Å². The van der Waals surface area contributed by atoms with Crippen molar-refractivity contribution in [1.82, 2.24) is 20.1 Å². The number of hydrogen-bond donors (Lipinski definition) is 2. The molecule has 0 saturated carbocycles. The van der Waals surface area contributed by atoms with E-state index in [9.17, 15) is 9.90 Å². The molecule has 8 heteroatoms. The average Bonchev–Trinajstić information content (AvgIpc) is 3.53. The predicted octanol–water partition coefficient (Wildman–Crippen LogP) is 6.30. The molecule has 2 fully saturated rings. The zero-order valence-electron chi connectivity index (χ0n) is 27.1. The second-order valence-corrected chi connectivity index (χ2v) is 13.1. The van der Waals surface area contributed by atoms with Crippen molar-refractivity contribution in [2.75, 3.05) is 39.8 Å². The lowest BCUT2D eigenvalue weighted by Crippen LogP contribution is -2.50. The zero-order chi connectivity index (χ0) is 32.2. The number of aromatic nitrogens is 1. The molecule has 1 amide bonds. The van der Waals surface area contributed by atoms with Crippen LogP contribution in [0, 0.1) is 5.92 Å². The van der Waals surface area contributed by atoms with Gasteiger partial charge < -0.3 is 24.5 Å². The molecule has 3 aromatic carbocycles. The molecule has 0 aliphatic carbocycles. The van der Waals surface area contributed by atoms with Crippen LogP contribution < -0.4 is 10.1 Å². The number of furan rings is 1. The molecule has 4 heterocycles. The van der Waals surface area contributed by atoms with Crippen LogP contribution in [0.2, 0.25) is 0 Å². The number of likely N-dealkylation sites (tertiary alicyclic amines) is 2. The van der Waals surface area contributed by atoms with Gasteiger partial charge in [0, 0.05) is 42.6 Å². The van der Waals surface area contributed by atoms with Gasteiger partial charge >= 0.3 is 0 Å². The van der Waals surface area contributed by atoms with Gasteiger partial charge in [-0.25, -0.2) is 0 Å². The highest BCUT2D eigenvalue weighted by atomic mass is 16.5. The number of aliphatic hydroxyl groups excluding tert-OH is 1. The largest absolute Gasteiger partial charge is 0.497 e. The summed E-state index contributed by atoms with van der Waals surface area (Å²) in [5.74, 6) is 2.08. The maximum atomic E-state index is 14.1. The lowest BCUT2D eigenvalue weighted by Gasteiger charge is -2.38. The van der Waals surface area contributed by atoms with Crippen molar-refractivity contribution in [3.05, 3.63) is 108 Å². The number of carbonyl (C=O) groups is 1. The molecule has 2 atom stereocenters. The molecule has 0 spiro atoms. The number of nitrogens with one attached hydrogen (secondary N) is 1. The number of piperidine rings is 2. The van der Waals surface area contributed by atoms with Gasteiger partial charge in [0.25, 0.3) is 0 Å². The van der Waals surface area contributed by atoms with E-state index in [0.29, 0.717) is 18.2 Å². The van der Waals surface area contributed by atoms with Gasteiger partial charge in [0.15, 0.2) is 0 Å². The Bertz CT molecular complexity index is 1760. The molecular formula is C39H44N4O4. The van der Waals surface area contributed by atoms with Gasteiger partial charge in [0.1, 0.15) is 23.1 Å². The summed E-state index contributed by atoms with van der Waals surface area (Å²) in [5.41, 5.74) is 3.88. The summed E-state index contributed by atoms with van der Waals surface area (Å²) in [4.78, 5) is 23.2. The van der Waals surface area contributed by atoms with Gasteiger partial charge in [-0.1, -0.05) is 48.5 Å². The van der Waals surface area contributed by atoms with Crippen molar-refractivity contribution in [1.29, 1.82) is 0 Å². The Morgan fingerprint density at radius 3 is 2.49 bits per heavy atom. The maximum absolute atomic E-state index is 14.1. The summed E-state index contributed by atoms with van der Waals surface area (Å²) >= 11 is 0. The molecule has 5 aromatic rings. The van der Waals surface area contributed by atoms with E-state index in [4.69, 9.17) is 9.15 Å². The SMILES string of the molecule is COc1ccc2nccc([C@@H](O)CN3CCC(NC(=O)C(c4cc5ccccc5o4)N4CCC(Cc5ccccc5)CC4)CC3)c2c1. The Balaban J connectivity index is 0.988. The van der Waals surface area contributed by atoms with Gasteiger partial charge in [0.05, 0.1) is 18.7 Å². The third-order valence-corrected chi connectivity index (χ3v) is 10.1. The third kappa shape index (κ3) is 7.20. The van der Waals surface area contributed by atoms with E-state index in [0.717, 1.165) is 91.5 Å². The maximum Gasteiger partial charge on any atom is 0.245 e. The van der Waals surface area contributed by atoms with Crippen molar-refractivity contribution in [2.24, 2.45) is 5.92 Å². The molecule has 0 bridgehead atoms. The summed E-state index contributed by atoms with van der Waals surface area (Å²) in [5, 5.41) is 16.6. The first-order valence-corrected chi connectivity index (χ1v) is 16.9. The van der Waals surface area contributed by atoms with Crippen LogP contribution in [0.15, 0.2) is 95.5 Å². The Labute approximate surface area is 276 Å². The van der Waals surface area contributed by atoms with Crippen molar-refractivity contribution >= 4 is 27.8 Å². The molecular weight excluding hydrogens is 588 g/mol. The number of carbonyl (C=O) groups excluding carboxylic acids is 1. The minimum Gasteiger partial charge on any atom is -0.497 e. The first kappa shape index (κ1) is 31.4. The van der Waals surface area contributed by atoms with Gasteiger partial charge in [-0.2, -0.15) is 0 Å². The number of rotatable bonds is 10. The number of pyridine rings is 1. The van der Waals surface area contributed by atoms with Gasteiger partial charge in [-0.3, -0.25) is 14.7 Å². The topological polar surface area (TPSA) is 91.1 Å². The van der Waals surface area contributed by atoms with E-state index < -0.39 is 12.1 Å². The molecule has 2 N–H and O–H groups in total. The Hall–Kier alpha value is -4.24. The monoisotopic (exact) mass is 632 g/mol. The predicted molar refractivity (Wildman–Crippen MR) is 184 cm³/mol. The molecule has 8 nitrogen and oxygen atoms in total. The van der Waals surface area contributed by atoms with E-state index >= 15 is 0 Å². The highest BCUT2D eigenvalue weighted by Gasteiger charge is 2.35. The molecule has 2 aliphatic rings. The molecule has 2 saturated heterocycles. The van der Waals surface area contributed by atoms with E-state index in [1.54, 1.807) is 13.3 Å². The number of aliphatic hydroxyl groups is 1. The molecule has 47 heavy (non-hydrogen) atoms. The highest BCUT2D eigenvalue weighted by Crippen LogP contribution is 2.33. The minimum absolute atomic E-state index is 0.0150. The molecule has 244 valence electrons. The van der Waals surface area contributed by atoms with Gasteiger partial charge in [0.2, 0.25) is 5.91 Å². The standard InChI is InChI=1S/C39H44N4O4/c1-46-31-11-12-34-33(25-31)32(13-18-40-34)35(44)26-42-19-16-30(17-20-42)41-39(45)38(37-24-29-9-5-6-10-36(29)47-37)43-21-14-28(15-22-43)23-27-7-3-2-4-8-27/h2-13,18,24-25,28,30,35,38,44H,14-17,19-23,26H2,1H3,(H,41,45)/t35-,38?/m0/s1. The number of benzene rings is 3. The first-order chi connectivity index (χ1) is 23.0. The summed E-state index contributed by atoms with van der Waals surface area (Å²) in [6.45, 7) is 3.84.